The Bertz CT molecular complexity index is 738. The molecule has 2 aromatic carbocycles. The summed E-state index contributed by atoms with van der Waals surface area (Å²) < 4.78 is 5.49. The first-order valence-electron chi connectivity index (χ1n) is 9.02. The fourth-order valence-corrected chi connectivity index (χ4v) is 2.86. The molecule has 27 heavy (non-hydrogen) atoms. The van der Waals surface area contributed by atoms with Crippen molar-refractivity contribution in [2.75, 3.05) is 7.05 Å². The lowest BCUT2D eigenvalue weighted by atomic mass is 10.1. The molecule has 0 fully saturated rings. The third-order valence-electron chi connectivity index (χ3n) is 4.35. The summed E-state index contributed by atoms with van der Waals surface area (Å²) >= 11 is 0. The number of nitrogens with one attached hydrogen (secondary N) is 1. The first kappa shape index (κ1) is 21.1. The zero-order valence-electron chi connectivity index (χ0n) is 15.8. The fourth-order valence-electron chi connectivity index (χ4n) is 2.86. The van der Waals surface area contributed by atoms with Crippen molar-refractivity contribution in [3.63, 3.8) is 0 Å². The zero-order chi connectivity index (χ0) is 18.2. The van der Waals surface area contributed by atoms with Gasteiger partial charge in [-0.1, -0.05) is 65.8 Å². The van der Waals surface area contributed by atoms with Crippen molar-refractivity contribution < 1.29 is 4.52 Å². The molecule has 1 heterocycles. The largest absolute Gasteiger partial charge is 0.338 e. The van der Waals surface area contributed by atoms with Crippen molar-refractivity contribution in [3.8, 4) is 0 Å². The summed E-state index contributed by atoms with van der Waals surface area (Å²) in [5.41, 5.74) is 2.54. The normalized spacial score (nSPS) is 12.0. The van der Waals surface area contributed by atoms with Gasteiger partial charge in [-0.15, -0.1) is 12.4 Å². The number of halogens is 1. The molecule has 0 radical (unpaired) electrons. The molecule has 3 rings (SSSR count). The molecule has 1 unspecified atom stereocenters. The molecule has 0 amide bonds. The lowest BCUT2D eigenvalue weighted by Crippen LogP contribution is -2.24. The summed E-state index contributed by atoms with van der Waals surface area (Å²) in [6, 6.07) is 21.3. The van der Waals surface area contributed by atoms with Gasteiger partial charge in [0.2, 0.25) is 5.89 Å². The SMILES string of the molecule is CNC(C)Cc1noc(CN(Cc2ccccc2)Cc2ccccc2)n1.Cl. The second-order valence-electron chi connectivity index (χ2n) is 6.61. The van der Waals surface area contributed by atoms with Crippen LogP contribution >= 0.6 is 12.4 Å². The molecule has 0 saturated carbocycles. The predicted octanol–water partition coefficient (Wildman–Crippen LogP) is 3.84. The van der Waals surface area contributed by atoms with E-state index in [1.807, 2.05) is 19.2 Å². The van der Waals surface area contributed by atoms with Gasteiger partial charge in [0.15, 0.2) is 5.82 Å². The number of benzene rings is 2. The highest BCUT2D eigenvalue weighted by Gasteiger charge is 2.14. The summed E-state index contributed by atoms with van der Waals surface area (Å²) in [5, 5.41) is 7.32. The molecule has 6 heteroatoms. The number of nitrogens with zero attached hydrogens (tertiary/aromatic N) is 3. The average molecular weight is 387 g/mol. The molecule has 1 N–H and O–H groups in total. The van der Waals surface area contributed by atoms with Crippen LogP contribution in [0.15, 0.2) is 65.2 Å². The number of rotatable bonds is 9. The van der Waals surface area contributed by atoms with E-state index in [1.54, 1.807) is 0 Å². The van der Waals surface area contributed by atoms with Crippen LogP contribution in [0.2, 0.25) is 0 Å². The molecule has 0 aliphatic heterocycles. The van der Waals surface area contributed by atoms with Gasteiger partial charge in [0.25, 0.3) is 0 Å². The second-order valence-corrected chi connectivity index (χ2v) is 6.61. The van der Waals surface area contributed by atoms with Gasteiger partial charge in [-0.3, -0.25) is 4.90 Å². The Balaban J connectivity index is 0.00000261. The van der Waals surface area contributed by atoms with Gasteiger partial charge in [-0.05, 0) is 25.1 Å². The molecule has 0 bridgehead atoms. The van der Waals surface area contributed by atoms with Crippen LogP contribution in [-0.2, 0) is 26.1 Å². The van der Waals surface area contributed by atoms with Crippen LogP contribution < -0.4 is 5.32 Å². The molecule has 5 nitrogen and oxygen atoms in total. The first-order valence-corrected chi connectivity index (χ1v) is 9.02. The Morgan fingerprint density at radius 3 is 2.00 bits per heavy atom. The summed E-state index contributed by atoms with van der Waals surface area (Å²) in [6.45, 7) is 4.40. The maximum Gasteiger partial charge on any atom is 0.240 e. The van der Waals surface area contributed by atoms with Gasteiger partial charge in [0.05, 0.1) is 6.54 Å². The molecule has 144 valence electrons. The third-order valence-corrected chi connectivity index (χ3v) is 4.35. The highest BCUT2D eigenvalue weighted by Crippen LogP contribution is 2.13. The van der Waals surface area contributed by atoms with Crippen molar-refractivity contribution in [1.82, 2.24) is 20.4 Å². The maximum absolute atomic E-state index is 5.49. The summed E-state index contributed by atoms with van der Waals surface area (Å²) in [5.74, 6) is 1.41. The standard InChI is InChI=1S/C21H26N4O.ClH/c1-17(22-2)13-20-23-21(26-24-20)16-25(14-18-9-5-3-6-10-18)15-19-11-7-4-8-12-19;/h3-12,17,22H,13-16H2,1-2H3;1H. The smallest absolute Gasteiger partial charge is 0.240 e. The third kappa shape index (κ3) is 6.79. The van der Waals surface area contributed by atoms with Gasteiger partial charge >= 0.3 is 0 Å². The summed E-state index contributed by atoms with van der Waals surface area (Å²) in [7, 11) is 1.94. The Hall–Kier alpha value is -2.21. The van der Waals surface area contributed by atoms with Crippen LogP contribution in [0.4, 0.5) is 0 Å². The minimum atomic E-state index is 0. The number of hydrogen-bond acceptors (Lipinski definition) is 5. The van der Waals surface area contributed by atoms with E-state index in [1.165, 1.54) is 11.1 Å². The van der Waals surface area contributed by atoms with Crippen LogP contribution in [-0.4, -0.2) is 28.1 Å². The Kier molecular flexibility index (Phi) is 8.45. The van der Waals surface area contributed by atoms with Crippen molar-refractivity contribution in [3.05, 3.63) is 83.5 Å². The van der Waals surface area contributed by atoms with Crippen molar-refractivity contribution in [2.45, 2.75) is 39.0 Å². The van der Waals surface area contributed by atoms with Gasteiger partial charge in [-0.2, -0.15) is 4.98 Å². The molecular formula is C21H27ClN4O. The quantitative estimate of drug-likeness (QED) is 0.605. The van der Waals surface area contributed by atoms with E-state index in [0.717, 1.165) is 25.3 Å². The van der Waals surface area contributed by atoms with E-state index in [0.29, 0.717) is 18.5 Å². The van der Waals surface area contributed by atoms with Gasteiger partial charge in [0.1, 0.15) is 0 Å². The van der Waals surface area contributed by atoms with Crippen LogP contribution in [0.1, 0.15) is 29.8 Å². The highest BCUT2D eigenvalue weighted by molar-refractivity contribution is 5.85. The predicted molar refractivity (Wildman–Crippen MR) is 110 cm³/mol. The molecule has 0 aliphatic carbocycles. The minimum Gasteiger partial charge on any atom is -0.338 e. The molecule has 0 spiro atoms. The van der Waals surface area contributed by atoms with E-state index in [4.69, 9.17) is 4.52 Å². The zero-order valence-corrected chi connectivity index (χ0v) is 16.7. The van der Waals surface area contributed by atoms with E-state index in [-0.39, 0.29) is 12.4 Å². The van der Waals surface area contributed by atoms with Crippen molar-refractivity contribution in [1.29, 1.82) is 0 Å². The van der Waals surface area contributed by atoms with Crippen LogP contribution in [0.5, 0.6) is 0 Å². The Labute approximate surface area is 167 Å². The van der Waals surface area contributed by atoms with Gasteiger partial charge in [0, 0.05) is 25.6 Å². The lowest BCUT2D eigenvalue weighted by molar-refractivity contribution is 0.211. The van der Waals surface area contributed by atoms with Gasteiger partial charge in [-0.25, -0.2) is 0 Å². The fraction of sp³-hybridized carbons (Fsp3) is 0.333. The molecule has 0 aliphatic rings. The molecule has 1 aromatic heterocycles. The van der Waals surface area contributed by atoms with Crippen molar-refractivity contribution >= 4 is 12.4 Å². The van der Waals surface area contributed by atoms with Crippen LogP contribution in [0.3, 0.4) is 0 Å². The Morgan fingerprint density at radius 2 is 1.48 bits per heavy atom. The highest BCUT2D eigenvalue weighted by atomic mass is 35.5. The maximum atomic E-state index is 5.49. The minimum absolute atomic E-state index is 0. The number of aromatic nitrogens is 2. The van der Waals surface area contributed by atoms with E-state index >= 15 is 0 Å². The van der Waals surface area contributed by atoms with Crippen LogP contribution in [0.25, 0.3) is 0 Å². The monoisotopic (exact) mass is 386 g/mol. The van der Waals surface area contributed by atoms with E-state index < -0.39 is 0 Å². The van der Waals surface area contributed by atoms with E-state index in [2.05, 4.69) is 75.8 Å². The van der Waals surface area contributed by atoms with E-state index in [9.17, 15) is 0 Å². The second kappa shape index (κ2) is 10.8. The molecule has 3 aromatic rings. The lowest BCUT2D eigenvalue weighted by Gasteiger charge is -2.20. The van der Waals surface area contributed by atoms with Crippen molar-refractivity contribution in [2.24, 2.45) is 0 Å². The molecular weight excluding hydrogens is 360 g/mol. The average Bonchev–Trinajstić information content (AvgIpc) is 3.10. The van der Waals surface area contributed by atoms with Crippen LogP contribution in [0, 0.1) is 0 Å². The Morgan fingerprint density at radius 1 is 0.926 bits per heavy atom. The summed E-state index contributed by atoms with van der Waals surface area (Å²) in [4.78, 5) is 6.88. The summed E-state index contributed by atoms with van der Waals surface area (Å²) in [6.07, 6.45) is 0.761. The molecule has 0 saturated heterocycles. The topological polar surface area (TPSA) is 54.2 Å². The first-order chi connectivity index (χ1) is 12.7. The number of hydrogen-bond donors (Lipinski definition) is 1. The van der Waals surface area contributed by atoms with Gasteiger partial charge < -0.3 is 9.84 Å². The molecule has 1 atom stereocenters. The number of likely N-dealkylation sites (N-methyl/N-ethyl adjacent to an activating group) is 1.